The number of rotatable bonds is 8. The van der Waals surface area contributed by atoms with Crippen LogP contribution in [0.5, 0.6) is 0 Å². The van der Waals surface area contributed by atoms with E-state index >= 15 is 0 Å². The van der Waals surface area contributed by atoms with Gasteiger partial charge in [0, 0.05) is 25.2 Å². The van der Waals surface area contributed by atoms with Gasteiger partial charge in [-0.1, -0.05) is 6.92 Å². The predicted molar refractivity (Wildman–Crippen MR) is 168 cm³/mol. The number of alkyl halides is 6. The van der Waals surface area contributed by atoms with Gasteiger partial charge in [0.2, 0.25) is 0 Å². The molecule has 16 heteroatoms. The number of piperidine rings is 1. The van der Waals surface area contributed by atoms with Gasteiger partial charge in [-0.2, -0.15) is 31.6 Å². The number of carbonyl (C=O) groups excluding carboxylic acids is 1. The number of carbonyl (C=O) groups is 2. The zero-order valence-electron chi connectivity index (χ0n) is 27.1. The van der Waals surface area contributed by atoms with E-state index in [4.69, 9.17) is 4.74 Å². The molecule has 5 rings (SSSR count). The number of aliphatic carboxylic acids is 1. The first kappa shape index (κ1) is 36.4. The highest BCUT2D eigenvalue weighted by molar-refractivity contribution is 5.90. The van der Waals surface area contributed by atoms with Crippen molar-refractivity contribution in [3.63, 3.8) is 0 Å². The van der Waals surface area contributed by atoms with Gasteiger partial charge in [0.15, 0.2) is 0 Å². The van der Waals surface area contributed by atoms with Gasteiger partial charge < -0.3 is 14.7 Å². The summed E-state index contributed by atoms with van der Waals surface area (Å²) in [5, 5.41) is 22.2. The van der Waals surface area contributed by atoms with Crippen molar-refractivity contribution in [2.24, 2.45) is 5.92 Å². The summed E-state index contributed by atoms with van der Waals surface area (Å²) in [6, 6.07) is 4.67. The minimum absolute atomic E-state index is 0.0210. The lowest BCUT2D eigenvalue weighted by molar-refractivity contribution is -0.142. The molecule has 1 unspecified atom stereocenters. The van der Waals surface area contributed by atoms with Crippen LogP contribution in [0, 0.1) is 17.2 Å². The van der Waals surface area contributed by atoms with Gasteiger partial charge in [-0.15, -0.1) is 0 Å². The maximum Gasteiger partial charge on any atom is 0.416 e. The summed E-state index contributed by atoms with van der Waals surface area (Å²) in [6.45, 7) is 4.23. The maximum atomic E-state index is 14.0. The van der Waals surface area contributed by atoms with Gasteiger partial charge in [0.05, 0.1) is 65.1 Å². The Labute approximate surface area is 283 Å². The first-order valence-electron chi connectivity index (χ1n) is 16.0. The molecule has 2 aromatic carbocycles. The molecule has 0 spiro atoms. The summed E-state index contributed by atoms with van der Waals surface area (Å²) in [5.41, 5.74) is -1.70. The number of fused-ring (bicyclic) bond motifs is 1. The molecule has 50 heavy (non-hydrogen) atoms. The van der Waals surface area contributed by atoms with E-state index in [2.05, 4.69) is 15.3 Å². The molecule has 1 fully saturated rings. The number of amides is 1. The third kappa shape index (κ3) is 7.77. The monoisotopic (exact) mass is 704 g/mol. The Balaban J connectivity index is 1.61. The minimum Gasteiger partial charge on any atom is -0.481 e. The molecule has 3 atom stereocenters. The summed E-state index contributed by atoms with van der Waals surface area (Å²) in [7, 11) is 0. The lowest BCUT2D eigenvalue weighted by atomic mass is 9.87. The maximum absolute atomic E-state index is 14.0. The Hall–Kier alpha value is -4.91. The van der Waals surface area contributed by atoms with E-state index in [0.29, 0.717) is 44.1 Å². The predicted octanol–water partition coefficient (Wildman–Crippen LogP) is 7.25. The van der Waals surface area contributed by atoms with Crippen molar-refractivity contribution in [3.8, 4) is 6.07 Å². The number of benzene rings is 2. The molecule has 0 aliphatic carbocycles. The average Bonchev–Trinajstić information content (AvgIpc) is 3.09. The summed E-state index contributed by atoms with van der Waals surface area (Å²) in [6.07, 6.45) is -6.21. The topological polar surface area (TPSA) is 132 Å². The molecular weight excluding hydrogens is 670 g/mol. The van der Waals surface area contributed by atoms with Gasteiger partial charge in [0.1, 0.15) is 5.82 Å². The van der Waals surface area contributed by atoms with Crippen molar-refractivity contribution < 1.29 is 45.8 Å². The third-order valence-electron chi connectivity index (χ3n) is 9.04. The Kier molecular flexibility index (Phi) is 10.6. The van der Waals surface area contributed by atoms with Crippen LogP contribution in [-0.4, -0.2) is 52.9 Å². The fraction of sp³-hybridized carbons (Fsp3) is 0.441. The molecule has 1 aromatic heterocycles. The number of carboxylic acids is 1. The zero-order chi connectivity index (χ0) is 36.4. The van der Waals surface area contributed by atoms with Crippen LogP contribution in [-0.2, 0) is 21.9 Å². The number of nitriles is 1. The fourth-order valence-electron chi connectivity index (χ4n) is 6.47. The van der Waals surface area contributed by atoms with Crippen LogP contribution in [0.3, 0.4) is 0 Å². The van der Waals surface area contributed by atoms with Gasteiger partial charge >= 0.3 is 24.4 Å². The second-order valence-corrected chi connectivity index (χ2v) is 12.1. The molecule has 2 N–H and O–H groups in total. The van der Waals surface area contributed by atoms with Crippen molar-refractivity contribution in [1.29, 1.82) is 5.26 Å². The molecule has 1 saturated heterocycles. The fourth-order valence-corrected chi connectivity index (χ4v) is 6.47. The number of nitrogens with one attached hydrogen (secondary N) is 1. The van der Waals surface area contributed by atoms with Crippen LogP contribution in [0.2, 0.25) is 0 Å². The van der Waals surface area contributed by atoms with Crippen molar-refractivity contribution in [1.82, 2.24) is 15.3 Å². The molecule has 3 heterocycles. The highest BCUT2D eigenvalue weighted by Gasteiger charge is 2.41. The molecule has 266 valence electrons. The third-order valence-corrected chi connectivity index (χ3v) is 9.04. The number of aromatic nitrogens is 2. The molecule has 1 amide bonds. The summed E-state index contributed by atoms with van der Waals surface area (Å²) < 4.78 is 89.2. The van der Waals surface area contributed by atoms with E-state index in [1.54, 1.807) is 19.9 Å². The van der Waals surface area contributed by atoms with Crippen LogP contribution in [0.1, 0.15) is 85.3 Å². The van der Waals surface area contributed by atoms with Gasteiger partial charge in [0.25, 0.3) is 0 Å². The molecule has 3 aromatic rings. The van der Waals surface area contributed by atoms with Crippen LogP contribution >= 0.6 is 0 Å². The number of ether oxygens (including phenoxy) is 1. The quantitative estimate of drug-likeness (QED) is 0.233. The number of hydrogen-bond acceptors (Lipinski definition) is 8. The van der Waals surface area contributed by atoms with Crippen LogP contribution < -0.4 is 15.1 Å². The van der Waals surface area contributed by atoms with Gasteiger partial charge in [-0.3, -0.25) is 15.0 Å². The normalized spacial score (nSPS) is 19.0. The number of anilines is 2. The lowest BCUT2D eigenvalue weighted by Gasteiger charge is -2.41. The van der Waals surface area contributed by atoms with E-state index in [1.165, 1.54) is 29.4 Å². The highest BCUT2D eigenvalue weighted by Crippen LogP contribution is 2.44. The van der Waals surface area contributed by atoms with E-state index in [0.717, 1.165) is 18.2 Å². The molecular formula is C34H34F6N6O4. The number of halogens is 6. The first-order valence-corrected chi connectivity index (χ1v) is 16.0. The average molecular weight is 705 g/mol. The van der Waals surface area contributed by atoms with E-state index in [-0.39, 0.29) is 41.2 Å². The van der Waals surface area contributed by atoms with Crippen LogP contribution in [0.15, 0.2) is 48.8 Å². The zero-order valence-corrected chi connectivity index (χ0v) is 27.1. The molecule has 2 aliphatic heterocycles. The van der Waals surface area contributed by atoms with Crippen LogP contribution in [0.4, 0.5) is 42.5 Å². The Morgan fingerprint density at radius 2 is 1.68 bits per heavy atom. The standard InChI is InChI=1S/C34H34F6N6O4/c1-3-24-15-27(26-14-22(33(35,36)37)5-6-28(26)46(24)32(49)50-4-2)44-29(21-11-19(16-41)12-23(13-21)34(38,39)40)30-42-17-25(18-43-30)45-9-7-20(8-10-45)31(47)48/h5-6,11-14,17-18,20,24,27,29,44H,3-4,7-10,15H2,1-2H3,(H,47,48)/t24-,27+,29?/m1/s1. The second-order valence-electron chi connectivity index (χ2n) is 12.1. The van der Waals surface area contributed by atoms with Crippen molar-refractivity contribution in [3.05, 3.63) is 82.4 Å². The summed E-state index contributed by atoms with van der Waals surface area (Å²) in [4.78, 5) is 36.6. The van der Waals surface area contributed by atoms with Crippen molar-refractivity contribution in [2.45, 2.75) is 70.0 Å². The van der Waals surface area contributed by atoms with Crippen molar-refractivity contribution in [2.75, 3.05) is 29.5 Å². The molecule has 10 nitrogen and oxygen atoms in total. The van der Waals surface area contributed by atoms with Crippen molar-refractivity contribution >= 4 is 23.4 Å². The molecule has 0 saturated carbocycles. The minimum atomic E-state index is -4.83. The molecule has 0 bridgehead atoms. The first-order chi connectivity index (χ1) is 23.6. The number of nitrogens with zero attached hydrogens (tertiary/aromatic N) is 5. The lowest BCUT2D eigenvalue weighted by Crippen LogP contribution is -2.47. The summed E-state index contributed by atoms with van der Waals surface area (Å²) in [5.74, 6) is -1.39. The van der Waals surface area contributed by atoms with Crippen LogP contribution in [0.25, 0.3) is 0 Å². The van der Waals surface area contributed by atoms with Gasteiger partial charge in [-0.05, 0) is 80.1 Å². The Morgan fingerprint density at radius 1 is 1.02 bits per heavy atom. The SMILES string of the molecule is CCOC(=O)N1c2ccc(C(F)(F)F)cc2[C@@H](NC(c2cc(C#N)cc(C(F)(F)F)c2)c2ncc(N3CCC(C(=O)O)CC3)cn2)C[C@H]1CC. The number of carboxylic acid groups (broad SMARTS) is 1. The van der Waals surface area contributed by atoms with Gasteiger partial charge in [-0.25, -0.2) is 14.8 Å². The van der Waals surface area contributed by atoms with E-state index in [9.17, 15) is 46.3 Å². The van der Waals surface area contributed by atoms with E-state index < -0.39 is 59.6 Å². The summed E-state index contributed by atoms with van der Waals surface area (Å²) >= 11 is 0. The largest absolute Gasteiger partial charge is 0.481 e. The number of hydrogen-bond donors (Lipinski definition) is 2. The van der Waals surface area contributed by atoms with E-state index in [1.807, 2.05) is 4.90 Å². The smallest absolute Gasteiger partial charge is 0.416 e. The Bertz CT molecular complexity index is 1750. The molecule has 0 radical (unpaired) electrons. The Morgan fingerprint density at radius 3 is 2.24 bits per heavy atom. The highest BCUT2D eigenvalue weighted by atomic mass is 19.4. The molecule has 2 aliphatic rings. The second kappa shape index (κ2) is 14.5.